The lowest BCUT2D eigenvalue weighted by Gasteiger charge is -2.15. The molecular weight excluding hydrogens is 296 g/mol. The van der Waals surface area contributed by atoms with E-state index >= 15 is 0 Å². The summed E-state index contributed by atoms with van der Waals surface area (Å²) < 4.78 is 6.23. The van der Waals surface area contributed by atoms with Gasteiger partial charge in [-0.05, 0) is 31.4 Å². The molecule has 22 heavy (non-hydrogen) atoms. The van der Waals surface area contributed by atoms with Crippen molar-refractivity contribution >= 4 is 12.2 Å². The summed E-state index contributed by atoms with van der Waals surface area (Å²) in [6.45, 7) is 1.43. The second-order valence-electron chi connectivity index (χ2n) is 5.31. The third-order valence-corrected chi connectivity index (χ3v) is 3.87. The Balaban J connectivity index is 1.67. The van der Waals surface area contributed by atoms with Crippen LogP contribution in [0.2, 0.25) is 0 Å². The molecule has 3 aromatic rings. The predicted molar refractivity (Wildman–Crippen MR) is 87.1 cm³/mol. The number of rotatable bonds is 5. The summed E-state index contributed by atoms with van der Waals surface area (Å²) in [6.07, 6.45) is 5.66. The Hall–Kier alpha value is -2.25. The van der Waals surface area contributed by atoms with Crippen molar-refractivity contribution in [3.63, 3.8) is 0 Å². The van der Waals surface area contributed by atoms with E-state index in [1.54, 1.807) is 11.0 Å². The van der Waals surface area contributed by atoms with Gasteiger partial charge in [-0.25, -0.2) is 9.36 Å². The number of nitrogens with zero attached hydrogens (tertiary/aromatic N) is 6. The Morgan fingerprint density at radius 1 is 1.18 bits per heavy atom. The molecule has 0 aliphatic heterocycles. The summed E-state index contributed by atoms with van der Waals surface area (Å²) in [7, 11) is 3.94. The molecule has 0 saturated heterocycles. The molecule has 2 aromatic heterocycles. The molecule has 0 bridgehead atoms. The SMILES string of the molecule is CN(Cc1cnn(-c2ccccc2)c1)Cn1ncn(C)c1=S. The molecule has 7 heteroatoms. The largest absolute Gasteiger partial charge is 0.310 e. The predicted octanol–water partition coefficient (Wildman–Crippen LogP) is 2.23. The van der Waals surface area contributed by atoms with Gasteiger partial charge in [0.1, 0.15) is 6.33 Å². The van der Waals surface area contributed by atoms with Crippen LogP contribution in [0.25, 0.3) is 5.69 Å². The van der Waals surface area contributed by atoms with Crippen molar-refractivity contribution in [2.45, 2.75) is 13.2 Å². The van der Waals surface area contributed by atoms with Gasteiger partial charge in [-0.1, -0.05) is 18.2 Å². The van der Waals surface area contributed by atoms with E-state index in [4.69, 9.17) is 12.2 Å². The second-order valence-corrected chi connectivity index (χ2v) is 5.67. The zero-order valence-corrected chi connectivity index (χ0v) is 13.4. The van der Waals surface area contributed by atoms with E-state index in [2.05, 4.69) is 15.1 Å². The molecule has 0 aliphatic carbocycles. The van der Waals surface area contributed by atoms with Gasteiger partial charge in [-0.3, -0.25) is 4.90 Å². The van der Waals surface area contributed by atoms with Gasteiger partial charge in [0.05, 0.1) is 18.6 Å². The molecule has 0 spiro atoms. The number of aromatic nitrogens is 5. The molecule has 0 radical (unpaired) electrons. The maximum absolute atomic E-state index is 5.30. The van der Waals surface area contributed by atoms with Crippen molar-refractivity contribution < 1.29 is 0 Å². The van der Waals surface area contributed by atoms with Crippen LogP contribution in [-0.2, 0) is 20.3 Å². The number of benzene rings is 1. The maximum atomic E-state index is 5.30. The van der Waals surface area contributed by atoms with Gasteiger partial charge < -0.3 is 4.57 Å². The Labute approximate surface area is 134 Å². The molecule has 0 aliphatic rings. The van der Waals surface area contributed by atoms with E-state index in [0.717, 1.165) is 17.8 Å². The fourth-order valence-corrected chi connectivity index (χ4v) is 2.42. The minimum Gasteiger partial charge on any atom is -0.310 e. The molecule has 6 nitrogen and oxygen atoms in total. The van der Waals surface area contributed by atoms with Crippen molar-refractivity contribution in [3.8, 4) is 5.69 Å². The van der Waals surface area contributed by atoms with Gasteiger partial charge in [0.15, 0.2) is 4.77 Å². The summed E-state index contributed by atoms with van der Waals surface area (Å²) >= 11 is 5.30. The molecule has 0 amide bonds. The van der Waals surface area contributed by atoms with Gasteiger partial charge in [0.25, 0.3) is 0 Å². The summed E-state index contributed by atoms with van der Waals surface area (Å²) in [4.78, 5) is 2.15. The third-order valence-electron chi connectivity index (χ3n) is 3.37. The molecule has 3 rings (SSSR count). The van der Waals surface area contributed by atoms with Crippen molar-refractivity contribution in [2.24, 2.45) is 7.05 Å². The third kappa shape index (κ3) is 3.15. The van der Waals surface area contributed by atoms with Crippen LogP contribution in [0, 0.1) is 4.77 Å². The standard InChI is InChI=1S/C15H18N6S/c1-18(12-21-15(22)19(2)11-17-21)9-13-8-16-20(10-13)14-6-4-3-5-7-14/h3-8,10-11H,9,12H2,1-2H3. The van der Waals surface area contributed by atoms with Crippen molar-refractivity contribution in [3.05, 3.63) is 59.4 Å². The van der Waals surface area contributed by atoms with E-state index in [-0.39, 0.29) is 0 Å². The van der Waals surface area contributed by atoms with Crippen LogP contribution >= 0.6 is 12.2 Å². The second kappa shape index (κ2) is 6.25. The topological polar surface area (TPSA) is 43.8 Å². The average molecular weight is 314 g/mol. The molecule has 0 N–H and O–H groups in total. The first-order chi connectivity index (χ1) is 10.6. The van der Waals surface area contributed by atoms with Crippen LogP contribution in [-0.4, -0.2) is 36.1 Å². The summed E-state index contributed by atoms with van der Waals surface area (Å²) in [5.41, 5.74) is 2.21. The Morgan fingerprint density at radius 3 is 2.64 bits per heavy atom. The number of para-hydroxylation sites is 1. The van der Waals surface area contributed by atoms with Crippen LogP contribution < -0.4 is 0 Å². The first-order valence-electron chi connectivity index (χ1n) is 6.99. The highest BCUT2D eigenvalue weighted by atomic mass is 32.1. The van der Waals surface area contributed by atoms with Crippen molar-refractivity contribution in [1.82, 2.24) is 29.0 Å². The molecule has 0 saturated carbocycles. The highest BCUT2D eigenvalue weighted by molar-refractivity contribution is 7.71. The highest BCUT2D eigenvalue weighted by Crippen LogP contribution is 2.09. The normalized spacial score (nSPS) is 11.2. The number of hydrogen-bond donors (Lipinski definition) is 0. The smallest absolute Gasteiger partial charge is 0.198 e. The molecule has 0 fully saturated rings. The van der Waals surface area contributed by atoms with Crippen LogP contribution in [0.15, 0.2) is 49.1 Å². The molecular formula is C15H18N6S. The summed E-state index contributed by atoms with van der Waals surface area (Å²) in [6, 6.07) is 10.1. The van der Waals surface area contributed by atoms with E-state index in [9.17, 15) is 0 Å². The quantitative estimate of drug-likeness (QED) is 0.677. The fourth-order valence-electron chi connectivity index (χ4n) is 2.27. The van der Waals surface area contributed by atoms with Gasteiger partial charge in [0, 0.05) is 25.4 Å². The van der Waals surface area contributed by atoms with Crippen molar-refractivity contribution in [2.75, 3.05) is 7.05 Å². The van der Waals surface area contributed by atoms with Crippen LogP contribution in [0.5, 0.6) is 0 Å². The van der Waals surface area contributed by atoms with Crippen molar-refractivity contribution in [1.29, 1.82) is 0 Å². The lowest BCUT2D eigenvalue weighted by molar-refractivity contribution is 0.244. The monoisotopic (exact) mass is 314 g/mol. The molecule has 0 unspecified atom stereocenters. The fraction of sp³-hybridized carbons (Fsp3) is 0.267. The Kier molecular flexibility index (Phi) is 4.17. The molecule has 0 atom stereocenters. The van der Waals surface area contributed by atoms with Gasteiger partial charge in [-0.15, -0.1) is 0 Å². The Morgan fingerprint density at radius 2 is 1.95 bits per heavy atom. The van der Waals surface area contributed by atoms with Crippen LogP contribution in [0.3, 0.4) is 0 Å². The maximum Gasteiger partial charge on any atom is 0.198 e. The molecule has 114 valence electrons. The van der Waals surface area contributed by atoms with Crippen LogP contribution in [0.4, 0.5) is 0 Å². The van der Waals surface area contributed by atoms with Gasteiger partial charge in [0.2, 0.25) is 0 Å². The number of hydrogen-bond acceptors (Lipinski definition) is 4. The minimum atomic E-state index is 0.649. The van der Waals surface area contributed by atoms with Gasteiger partial charge >= 0.3 is 0 Å². The van der Waals surface area contributed by atoms with Crippen LogP contribution in [0.1, 0.15) is 5.56 Å². The first kappa shape index (κ1) is 14.7. The van der Waals surface area contributed by atoms with E-state index < -0.39 is 0 Å². The number of aryl methyl sites for hydroxylation is 1. The first-order valence-corrected chi connectivity index (χ1v) is 7.40. The molecule has 2 heterocycles. The van der Waals surface area contributed by atoms with E-state index in [1.165, 1.54) is 0 Å². The van der Waals surface area contributed by atoms with Gasteiger partial charge in [-0.2, -0.15) is 10.2 Å². The summed E-state index contributed by atoms with van der Waals surface area (Å²) in [5, 5.41) is 8.67. The summed E-state index contributed by atoms with van der Waals surface area (Å²) in [5.74, 6) is 0. The minimum absolute atomic E-state index is 0.649. The lowest BCUT2D eigenvalue weighted by atomic mass is 10.3. The lowest BCUT2D eigenvalue weighted by Crippen LogP contribution is -2.22. The van der Waals surface area contributed by atoms with E-state index in [1.807, 2.05) is 66.1 Å². The Bertz CT molecular complexity index is 801. The zero-order chi connectivity index (χ0) is 15.5. The zero-order valence-electron chi connectivity index (χ0n) is 12.6. The highest BCUT2D eigenvalue weighted by Gasteiger charge is 2.06. The van der Waals surface area contributed by atoms with E-state index in [0.29, 0.717) is 11.4 Å². The average Bonchev–Trinajstić information content (AvgIpc) is 3.10. The molecule has 1 aromatic carbocycles.